The third-order valence-corrected chi connectivity index (χ3v) is 2.58. The van der Waals surface area contributed by atoms with E-state index in [1.54, 1.807) is 24.3 Å². The third kappa shape index (κ3) is 2.34. The first kappa shape index (κ1) is 11.3. The van der Waals surface area contributed by atoms with Crippen LogP contribution >= 0.6 is 11.6 Å². The van der Waals surface area contributed by atoms with Gasteiger partial charge in [0.2, 0.25) is 0 Å². The van der Waals surface area contributed by atoms with Crippen LogP contribution in [0.15, 0.2) is 36.5 Å². The van der Waals surface area contributed by atoms with Crippen molar-refractivity contribution in [2.45, 2.75) is 0 Å². The highest BCUT2D eigenvalue weighted by atomic mass is 35.5. The maximum atomic E-state index is 10.5. The number of nitrogens with two attached hydrogens (primary N) is 1. The molecule has 0 spiro atoms. The Morgan fingerprint density at radius 3 is 2.59 bits per heavy atom. The smallest absolute Gasteiger partial charge is 0.287 e. The Kier molecular flexibility index (Phi) is 2.93. The van der Waals surface area contributed by atoms with Gasteiger partial charge in [0, 0.05) is 11.6 Å². The summed E-state index contributed by atoms with van der Waals surface area (Å²) in [7, 11) is 0. The predicted octanol–water partition coefficient (Wildman–Crippen LogP) is 2.89. The minimum atomic E-state index is -0.493. The van der Waals surface area contributed by atoms with E-state index in [-0.39, 0.29) is 5.69 Å². The first-order valence-corrected chi connectivity index (χ1v) is 5.11. The van der Waals surface area contributed by atoms with Crippen LogP contribution in [0.5, 0.6) is 0 Å². The number of benzene rings is 1. The summed E-state index contributed by atoms with van der Waals surface area (Å²) in [6.45, 7) is 0. The number of halogens is 1. The number of nitro groups is 1. The summed E-state index contributed by atoms with van der Waals surface area (Å²) in [4.78, 5) is 14.0. The monoisotopic (exact) mass is 249 g/mol. The first-order valence-electron chi connectivity index (χ1n) is 4.74. The van der Waals surface area contributed by atoms with Crippen LogP contribution in [0.25, 0.3) is 11.3 Å². The molecule has 0 amide bonds. The van der Waals surface area contributed by atoms with Crippen LogP contribution in [-0.4, -0.2) is 9.91 Å². The van der Waals surface area contributed by atoms with E-state index in [1.165, 1.54) is 12.3 Å². The normalized spacial score (nSPS) is 10.2. The molecule has 0 bridgehead atoms. The van der Waals surface area contributed by atoms with Gasteiger partial charge in [0.15, 0.2) is 0 Å². The first-order chi connectivity index (χ1) is 8.08. The van der Waals surface area contributed by atoms with Gasteiger partial charge in [-0.15, -0.1) is 0 Å². The van der Waals surface area contributed by atoms with Gasteiger partial charge >= 0.3 is 0 Å². The number of pyridine rings is 1. The van der Waals surface area contributed by atoms with Crippen molar-refractivity contribution in [1.29, 1.82) is 0 Å². The summed E-state index contributed by atoms with van der Waals surface area (Å²) in [6, 6.07) is 8.06. The highest BCUT2D eigenvalue weighted by Crippen LogP contribution is 2.26. The molecule has 17 heavy (non-hydrogen) atoms. The fourth-order valence-electron chi connectivity index (χ4n) is 1.35. The van der Waals surface area contributed by atoms with E-state index in [1.807, 2.05) is 0 Å². The summed E-state index contributed by atoms with van der Waals surface area (Å²) in [6.07, 6.45) is 1.21. The van der Waals surface area contributed by atoms with Crippen molar-refractivity contribution in [1.82, 2.24) is 4.98 Å². The lowest BCUT2D eigenvalue weighted by Gasteiger charge is -2.03. The predicted molar refractivity (Wildman–Crippen MR) is 65.7 cm³/mol. The van der Waals surface area contributed by atoms with Gasteiger partial charge in [-0.25, -0.2) is 4.98 Å². The van der Waals surface area contributed by atoms with Gasteiger partial charge in [-0.3, -0.25) is 10.1 Å². The van der Waals surface area contributed by atoms with Gasteiger partial charge in [0.25, 0.3) is 5.69 Å². The maximum Gasteiger partial charge on any atom is 0.287 e. The molecule has 86 valence electrons. The zero-order chi connectivity index (χ0) is 12.4. The molecule has 0 unspecified atom stereocenters. The molecule has 0 aliphatic rings. The maximum absolute atomic E-state index is 10.5. The molecule has 0 fully saturated rings. The molecule has 2 N–H and O–H groups in total. The van der Waals surface area contributed by atoms with Crippen molar-refractivity contribution in [3.05, 3.63) is 51.7 Å². The second-order valence-electron chi connectivity index (χ2n) is 3.40. The van der Waals surface area contributed by atoms with Gasteiger partial charge in [-0.1, -0.05) is 17.7 Å². The molecule has 6 heteroatoms. The molecule has 1 aromatic heterocycles. The van der Waals surface area contributed by atoms with Gasteiger partial charge < -0.3 is 5.73 Å². The van der Waals surface area contributed by atoms with E-state index in [4.69, 9.17) is 17.3 Å². The molecule has 0 atom stereocenters. The summed E-state index contributed by atoms with van der Waals surface area (Å²) >= 11 is 5.88. The Bertz CT molecular complexity index is 569. The van der Waals surface area contributed by atoms with Crippen molar-refractivity contribution in [2.75, 3.05) is 5.73 Å². The van der Waals surface area contributed by atoms with Crippen LogP contribution in [0.1, 0.15) is 0 Å². The molecule has 0 saturated carbocycles. The third-order valence-electron chi connectivity index (χ3n) is 2.25. The Balaban J connectivity index is 2.39. The Labute approximate surface area is 102 Å². The van der Waals surface area contributed by atoms with Crippen LogP contribution in [0, 0.1) is 10.1 Å². The van der Waals surface area contributed by atoms with Crippen molar-refractivity contribution in [3.8, 4) is 11.3 Å². The molecule has 0 radical (unpaired) electrons. The summed E-state index contributed by atoms with van der Waals surface area (Å²) in [5.41, 5.74) is 7.40. The summed E-state index contributed by atoms with van der Waals surface area (Å²) in [5.74, 6) is 0. The van der Waals surface area contributed by atoms with Gasteiger partial charge in [0.05, 0.1) is 21.3 Å². The number of hydrogen-bond donors (Lipinski definition) is 1. The number of nitrogens with zero attached hydrogens (tertiary/aromatic N) is 2. The second kappa shape index (κ2) is 4.39. The number of nitrogen functional groups attached to an aromatic ring is 1. The molecule has 1 heterocycles. The minimum absolute atomic E-state index is 0.0460. The highest BCUT2D eigenvalue weighted by Gasteiger charge is 2.07. The van der Waals surface area contributed by atoms with Gasteiger partial charge in [-0.05, 0) is 18.2 Å². The lowest BCUT2D eigenvalue weighted by atomic mass is 10.1. The van der Waals surface area contributed by atoms with Crippen LogP contribution in [0.2, 0.25) is 5.02 Å². The standard InChI is InChI=1S/C11H8ClN3O2/c12-9-5-7(1-3-10(9)13)11-4-2-8(6-14-11)15(16)17/h1-6H,13H2. The van der Waals surface area contributed by atoms with E-state index >= 15 is 0 Å². The molecule has 5 nitrogen and oxygen atoms in total. The SMILES string of the molecule is Nc1ccc(-c2ccc([N+](=O)[O-])cn2)cc1Cl. The number of hydrogen-bond acceptors (Lipinski definition) is 4. The van der Waals surface area contributed by atoms with Crippen molar-refractivity contribution < 1.29 is 4.92 Å². The molecular weight excluding hydrogens is 242 g/mol. The molecule has 1 aromatic carbocycles. The number of rotatable bonds is 2. The van der Waals surface area contributed by atoms with Crippen molar-refractivity contribution in [2.24, 2.45) is 0 Å². The lowest BCUT2D eigenvalue weighted by Crippen LogP contribution is -1.91. The van der Waals surface area contributed by atoms with E-state index in [9.17, 15) is 10.1 Å². The highest BCUT2D eigenvalue weighted by molar-refractivity contribution is 6.33. The fraction of sp³-hybridized carbons (Fsp3) is 0. The average Bonchev–Trinajstić information content (AvgIpc) is 2.33. The van der Waals surface area contributed by atoms with E-state index in [0.717, 1.165) is 5.56 Å². The summed E-state index contributed by atoms with van der Waals surface area (Å²) in [5, 5.41) is 10.9. The van der Waals surface area contributed by atoms with Crippen LogP contribution < -0.4 is 5.73 Å². The van der Waals surface area contributed by atoms with Crippen molar-refractivity contribution >= 4 is 23.0 Å². The molecule has 2 rings (SSSR count). The van der Waals surface area contributed by atoms with Gasteiger partial charge in [-0.2, -0.15) is 0 Å². The molecule has 0 aliphatic heterocycles. The quantitative estimate of drug-likeness (QED) is 0.504. The zero-order valence-electron chi connectivity index (χ0n) is 8.63. The Hall–Kier alpha value is -2.14. The Morgan fingerprint density at radius 2 is 2.06 bits per heavy atom. The average molecular weight is 250 g/mol. The minimum Gasteiger partial charge on any atom is -0.398 e. The second-order valence-corrected chi connectivity index (χ2v) is 3.80. The van der Waals surface area contributed by atoms with E-state index in [2.05, 4.69) is 4.98 Å². The summed E-state index contributed by atoms with van der Waals surface area (Å²) < 4.78 is 0. The Morgan fingerprint density at radius 1 is 1.29 bits per heavy atom. The topological polar surface area (TPSA) is 82.0 Å². The molecular formula is C11H8ClN3O2. The number of anilines is 1. The fourth-order valence-corrected chi connectivity index (χ4v) is 1.53. The van der Waals surface area contributed by atoms with Crippen LogP contribution in [0.4, 0.5) is 11.4 Å². The van der Waals surface area contributed by atoms with Crippen LogP contribution in [0.3, 0.4) is 0 Å². The van der Waals surface area contributed by atoms with Gasteiger partial charge in [0.1, 0.15) is 6.20 Å². The molecule has 0 aliphatic carbocycles. The largest absolute Gasteiger partial charge is 0.398 e. The molecule has 0 saturated heterocycles. The number of aromatic nitrogens is 1. The lowest BCUT2D eigenvalue weighted by molar-refractivity contribution is -0.385. The van der Waals surface area contributed by atoms with E-state index in [0.29, 0.717) is 16.4 Å². The van der Waals surface area contributed by atoms with Crippen LogP contribution in [-0.2, 0) is 0 Å². The molecule has 2 aromatic rings. The van der Waals surface area contributed by atoms with Crippen molar-refractivity contribution in [3.63, 3.8) is 0 Å². The zero-order valence-corrected chi connectivity index (χ0v) is 9.39. The van der Waals surface area contributed by atoms with E-state index < -0.39 is 4.92 Å².